The number of hydrogen-bond acceptors (Lipinski definition) is 6. The fraction of sp³-hybridized carbons (Fsp3) is 0.450. The van der Waals surface area contributed by atoms with E-state index in [0.717, 1.165) is 25.7 Å². The van der Waals surface area contributed by atoms with Crippen molar-refractivity contribution in [1.82, 2.24) is 10.1 Å². The monoisotopic (exact) mass is 389 g/mol. The standard InChI is InChI=1S/C20H27N3O5/c1-4-5-6-7-12-23(14-18(24)21-17-11-13-28-22-17)20(25)19-15(26-2)9-8-10-16(19)27-3/h8-11,13H,4-7,12,14H2,1-3H3,(H,21,22,24). The van der Waals surface area contributed by atoms with E-state index in [9.17, 15) is 9.59 Å². The molecule has 1 heterocycles. The lowest BCUT2D eigenvalue weighted by molar-refractivity contribution is -0.117. The number of rotatable bonds is 11. The van der Waals surface area contributed by atoms with Gasteiger partial charge in [-0.2, -0.15) is 0 Å². The molecule has 152 valence electrons. The molecular formula is C20H27N3O5. The fourth-order valence-corrected chi connectivity index (χ4v) is 2.83. The summed E-state index contributed by atoms with van der Waals surface area (Å²) in [6, 6.07) is 6.67. The van der Waals surface area contributed by atoms with E-state index in [4.69, 9.17) is 14.0 Å². The lowest BCUT2D eigenvalue weighted by atomic mass is 10.1. The Morgan fingerprint density at radius 2 is 1.82 bits per heavy atom. The molecule has 0 bridgehead atoms. The Bertz CT molecular complexity index is 739. The zero-order valence-corrected chi connectivity index (χ0v) is 16.6. The highest BCUT2D eigenvalue weighted by atomic mass is 16.5. The molecule has 0 saturated heterocycles. The summed E-state index contributed by atoms with van der Waals surface area (Å²) in [6.45, 7) is 2.46. The van der Waals surface area contributed by atoms with Crippen molar-refractivity contribution >= 4 is 17.6 Å². The maximum Gasteiger partial charge on any atom is 0.261 e. The number of unbranched alkanes of at least 4 members (excludes halogenated alkanes) is 3. The van der Waals surface area contributed by atoms with Crippen LogP contribution in [0.1, 0.15) is 43.0 Å². The van der Waals surface area contributed by atoms with E-state index in [2.05, 4.69) is 17.4 Å². The number of carbonyl (C=O) groups is 2. The van der Waals surface area contributed by atoms with Gasteiger partial charge in [-0.1, -0.05) is 37.4 Å². The number of nitrogens with one attached hydrogen (secondary N) is 1. The molecule has 2 amide bonds. The molecule has 8 heteroatoms. The maximum atomic E-state index is 13.3. The van der Waals surface area contributed by atoms with Gasteiger partial charge < -0.3 is 24.2 Å². The van der Waals surface area contributed by atoms with Crippen LogP contribution in [-0.2, 0) is 4.79 Å². The number of methoxy groups -OCH3 is 2. The van der Waals surface area contributed by atoms with Gasteiger partial charge in [-0.05, 0) is 18.6 Å². The number of benzene rings is 1. The summed E-state index contributed by atoms with van der Waals surface area (Å²) in [5.74, 6) is 0.436. The van der Waals surface area contributed by atoms with Crippen LogP contribution in [0.15, 0.2) is 35.1 Å². The molecule has 8 nitrogen and oxygen atoms in total. The highest BCUT2D eigenvalue weighted by Gasteiger charge is 2.25. The van der Waals surface area contributed by atoms with Crippen molar-refractivity contribution in [3.8, 4) is 11.5 Å². The zero-order valence-electron chi connectivity index (χ0n) is 16.6. The second-order valence-electron chi connectivity index (χ2n) is 6.26. The van der Waals surface area contributed by atoms with Gasteiger partial charge >= 0.3 is 0 Å². The van der Waals surface area contributed by atoms with Gasteiger partial charge in [-0.15, -0.1) is 0 Å². The zero-order chi connectivity index (χ0) is 20.4. The number of carbonyl (C=O) groups excluding carboxylic acids is 2. The number of amides is 2. The van der Waals surface area contributed by atoms with Crippen molar-refractivity contribution in [3.05, 3.63) is 36.1 Å². The molecule has 0 aliphatic carbocycles. The first-order valence-electron chi connectivity index (χ1n) is 9.31. The van der Waals surface area contributed by atoms with Crippen LogP contribution in [0.3, 0.4) is 0 Å². The first-order chi connectivity index (χ1) is 13.6. The van der Waals surface area contributed by atoms with E-state index >= 15 is 0 Å². The summed E-state index contributed by atoms with van der Waals surface area (Å²) >= 11 is 0. The van der Waals surface area contributed by atoms with Crippen molar-refractivity contribution < 1.29 is 23.6 Å². The van der Waals surface area contributed by atoms with E-state index in [-0.39, 0.29) is 18.4 Å². The summed E-state index contributed by atoms with van der Waals surface area (Å²) in [5, 5.41) is 6.27. The predicted octanol–water partition coefficient (Wildman–Crippen LogP) is 3.35. The van der Waals surface area contributed by atoms with Gasteiger partial charge in [-0.3, -0.25) is 9.59 Å². The summed E-state index contributed by atoms with van der Waals surface area (Å²) in [7, 11) is 2.99. The molecule has 2 aromatic rings. The van der Waals surface area contributed by atoms with Crippen molar-refractivity contribution in [3.63, 3.8) is 0 Å². The topological polar surface area (TPSA) is 93.9 Å². The smallest absolute Gasteiger partial charge is 0.261 e. The molecule has 0 unspecified atom stereocenters. The SMILES string of the molecule is CCCCCCN(CC(=O)Nc1ccon1)C(=O)c1c(OC)cccc1OC. The summed E-state index contributed by atoms with van der Waals surface area (Å²) < 4.78 is 15.4. The second kappa shape index (κ2) is 11.0. The van der Waals surface area contributed by atoms with Crippen LogP contribution in [0, 0.1) is 0 Å². The highest BCUT2D eigenvalue weighted by molar-refractivity contribution is 6.02. The predicted molar refractivity (Wildman–Crippen MR) is 105 cm³/mol. The molecule has 0 saturated carbocycles. The Morgan fingerprint density at radius 3 is 2.39 bits per heavy atom. The van der Waals surface area contributed by atoms with Crippen LogP contribution in [0.2, 0.25) is 0 Å². The van der Waals surface area contributed by atoms with E-state index in [0.29, 0.717) is 29.4 Å². The second-order valence-corrected chi connectivity index (χ2v) is 6.26. The molecule has 0 spiro atoms. The van der Waals surface area contributed by atoms with Crippen LogP contribution in [-0.4, -0.2) is 49.2 Å². The minimum atomic E-state index is -0.355. The van der Waals surface area contributed by atoms with E-state index in [1.807, 2.05) is 0 Å². The molecule has 2 rings (SSSR count). The first kappa shape index (κ1) is 21.3. The maximum absolute atomic E-state index is 13.3. The number of anilines is 1. The Hall–Kier alpha value is -3.03. The minimum absolute atomic E-state index is 0.112. The lowest BCUT2D eigenvalue weighted by Crippen LogP contribution is -2.39. The van der Waals surface area contributed by atoms with E-state index in [1.165, 1.54) is 31.4 Å². The van der Waals surface area contributed by atoms with Crippen molar-refractivity contribution in [2.45, 2.75) is 32.6 Å². The average molecular weight is 389 g/mol. The third-order valence-electron chi connectivity index (χ3n) is 4.25. The number of hydrogen-bond donors (Lipinski definition) is 1. The minimum Gasteiger partial charge on any atom is -0.496 e. The molecule has 1 aromatic heterocycles. The van der Waals surface area contributed by atoms with Crippen LogP contribution >= 0.6 is 0 Å². The van der Waals surface area contributed by atoms with Crippen molar-refractivity contribution in [2.24, 2.45) is 0 Å². The normalized spacial score (nSPS) is 10.4. The van der Waals surface area contributed by atoms with Gasteiger partial charge in [0.25, 0.3) is 5.91 Å². The number of nitrogens with zero attached hydrogens (tertiary/aromatic N) is 2. The van der Waals surface area contributed by atoms with Gasteiger partial charge in [0.05, 0.1) is 14.2 Å². The number of aromatic nitrogens is 1. The lowest BCUT2D eigenvalue weighted by Gasteiger charge is -2.24. The summed E-state index contributed by atoms with van der Waals surface area (Å²) in [4.78, 5) is 27.2. The first-order valence-corrected chi connectivity index (χ1v) is 9.31. The molecule has 0 fully saturated rings. The van der Waals surface area contributed by atoms with E-state index < -0.39 is 0 Å². The third-order valence-corrected chi connectivity index (χ3v) is 4.25. The molecule has 0 aliphatic heterocycles. The molecule has 1 N–H and O–H groups in total. The Morgan fingerprint density at radius 1 is 1.11 bits per heavy atom. The van der Waals surface area contributed by atoms with Crippen LogP contribution in [0.25, 0.3) is 0 Å². The van der Waals surface area contributed by atoms with Crippen LogP contribution < -0.4 is 14.8 Å². The largest absolute Gasteiger partial charge is 0.496 e. The molecule has 0 atom stereocenters. The molecule has 0 aliphatic rings. The van der Waals surface area contributed by atoms with E-state index in [1.54, 1.807) is 18.2 Å². The Balaban J connectivity index is 2.20. The third kappa shape index (κ3) is 5.73. The van der Waals surface area contributed by atoms with Gasteiger partial charge in [0.15, 0.2) is 5.82 Å². The molecule has 0 radical (unpaired) electrons. The highest BCUT2D eigenvalue weighted by Crippen LogP contribution is 2.29. The summed E-state index contributed by atoms with van der Waals surface area (Å²) in [6.07, 6.45) is 5.30. The van der Waals surface area contributed by atoms with Crippen molar-refractivity contribution in [1.29, 1.82) is 0 Å². The Labute approximate surface area is 164 Å². The van der Waals surface area contributed by atoms with Crippen LogP contribution in [0.4, 0.5) is 5.82 Å². The summed E-state index contributed by atoms with van der Waals surface area (Å²) in [5.41, 5.74) is 0.303. The fourth-order valence-electron chi connectivity index (χ4n) is 2.83. The molecule has 28 heavy (non-hydrogen) atoms. The van der Waals surface area contributed by atoms with Gasteiger partial charge in [0.1, 0.15) is 29.9 Å². The van der Waals surface area contributed by atoms with Crippen molar-refractivity contribution in [2.75, 3.05) is 32.6 Å². The molecular weight excluding hydrogens is 362 g/mol. The number of ether oxygens (including phenoxy) is 2. The van der Waals surface area contributed by atoms with Crippen LogP contribution in [0.5, 0.6) is 11.5 Å². The quantitative estimate of drug-likeness (QED) is 0.592. The Kier molecular flexibility index (Phi) is 8.33. The van der Waals surface area contributed by atoms with Gasteiger partial charge in [-0.25, -0.2) is 0 Å². The van der Waals surface area contributed by atoms with Gasteiger partial charge in [0.2, 0.25) is 5.91 Å². The average Bonchev–Trinajstić information content (AvgIpc) is 3.21. The van der Waals surface area contributed by atoms with Gasteiger partial charge in [0, 0.05) is 12.6 Å². The molecule has 1 aromatic carbocycles.